The van der Waals surface area contributed by atoms with Gasteiger partial charge in [-0.3, -0.25) is 9.59 Å². The first-order chi connectivity index (χ1) is 14.3. The van der Waals surface area contributed by atoms with Crippen LogP contribution in [0.1, 0.15) is 15.9 Å². The van der Waals surface area contributed by atoms with Gasteiger partial charge in [-0.2, -0.15) is 13.2 Å². The van der Waals surface area contributed by atoms with Gasteiger partial charge in [0.2, 0.25) is 0 Å². The molecule has 0 aromatic heterocycles. The summed E-state index contributed by atoms with van der Waals surface area (Å²) in [5.41, 5.74) is 4.95. The van der Waals surface area contributed by atoms with Crippen LogP contribution in [0.25, 0.3) is 0 Å². The topological polar surface area (TPSA) is 93.9 Å². The fourth-order valence-corrected chi connectivity index (χ4v) is 3.02. The van der Waals surface area contributed by atoms with Gasteiger partial charge in [0, 0.05) is 13.1 Å². The van der Waals surface area contributed by atoms with E-state index in [1.807, 2.05) is 4.90 Å². The van der Waals surface area contributed by atoms with Gasteiger partial charge >= 0.3 is 6.18 Å². The van der Waals surface area contributed by atoms with Gasteiger partial charge in [0.05, 0.1) is 35.7 Å². The number of carbonyl (C=O) groups excluding carboxylic acids is 2. The molecule has 0 aliphatic carbocycles. The average molecular weight is 423 g/mol. The molecule has 160 valence electrons. The molecule has 10 heteroatoms. The SMILES string of the molecule is NC(=O)c1ccccc1OCC(=O)Nc1cc(C(F)(F)F)ccc1N1CCOCC1. The number of primary amides is 1. The summed E-state index contributed by atoms with van der Waals surface area (Å²) >= 11 is 0. The molecule has 0 bridgehead atoms. The lowest BCUT2D eigenvalue weighted by molar-refractivity contribution is -0.137. The average Bonchev–Trinajstić information content (AvgIpc) is 2.72. The van der Waals surface area contributed by atoms with Crippen LogP contribution in [0.2, 0.25) is 0 Å². The van der Waals surface area contributed by atoms with Gasteiger partial charge in [0.25, 0.3) is 11.8 Å². The Morgan fingerprint density at radius 2 is 1.83 bits per heavy atom. The number of nitrogens with zero attached hydrogens (tertiary/aromatic N) is 1. The quantitative estimate of drug-likeness (QED) is 0.745. The van der Waals surface area contributed by atoms with Gasteiger partial charge in [-0.15, -0.1) is 0 Å². The standard InChI is InChI=1S/C20H20F3N3O4/c21-20(22,23)13-5-6-16(26-7-9-29-10-8-26)15(11-13)25-18(27)12-30-17-4-2-1-3-14(17)19(24)28/h1-6,11H,7-10,12H2,(H2,24,28)(H,25,27). The molecule has 30 heavy (non-hydrogen) atoms. The van der Waals surface area contributed by atoms with E-state index in [1.165, 1.54) is 18.2 Å². The van der Waals surface area contributed by atoms with Crippen molar-refractivity contribution in [2.75, 3.05) is 43.1 Å². The highest BCUT2D eigenvalue weighted by Gasteiger charge is 2.32. The Labute approximate surface area is 170 Å². The summed E-state index contributed by atoms with van der Waals surface area (Å²) < 4.78 is 50.1. The summed E-state index contributed by atoms with van der Waals surface area (Å²) in [6.07, 6.45) is -4.56. The first-order valence-electron chi connectivity index (χ1n) is 9.11. The van der Waals surface area contributed by atoms with Crippen molar-refractivity contribution in [3.8, 4) is 5.75 Å². The number of para-hydroxylation sites is 1. The summed E-state index contributed by atoms with van der Waals surface area (Å²) in [4.78, 5) is 25.7. The highest BCUT2D eigenvalue weighted by atomic mass is 19.4. The molecule has 0 saturated carbocycles. The van der Waals surface area contributed by atoms with Gasteiger partial charge in [0.1, 0.15) is 5.75 Å². The van der Waals surface area contributed by atoms with Gasteiger partial charge in [0.15, 0.2) is 6.61 Å². The van der Waals surface area contributed by atoms with Crippen LogP contribution in [0, 0.1) is 0 Å². The molecule has 3 rings (SSSR count). The second-order valence-corrected chi connectivity index (χ2v) is 6.53. The number of ether oxygens (including phenoxy) is 2. The zero-order valence-corrected chi connectivity index (χ0v) is 15.9. The molecular formula is C20H20F3N3O4. The van der Waals surface area contributed by atoms with Crippen LogP contribution in [0.15, 0.2) is 42.5 Å². The van der Waals surface area contributed by atoms with E-state index in [0.717, 1.165) is 12.1 Å². The summed E-state index contributed by atoms with van der Waals surface area (Å²) in [7, 11) is 0. The minimum absolute atomic E-state index is 0.0171. The number of nitrogens with one attached hydrogen (secondary N) is 1. The number of rotatable bonds is 6. The number of hydrogen-bond donors (Lipinski definition) is 2. The van der Waals surface area contributed by atoms with Gasteiger partial charge in [-0.25, -0.2) is 0 Å². The van der Waals surface area contributed by atoms with Crippen molar-refractivity contribution >= 4 is 23.2 Å². The van der Waals surface area contributed by atoms with Gasteiger partial charge < -0.3 is 25.4 Å². The number of halogens is 3. The Kier molecular flexibility index (Phi) is 6.46. The minimum Gasteiger partial charge on any atom is -0.483 e. The first-order valence-corrected chi connectivity index (χ1v) is 9.11. The number of carbonyl (C=O) groups is 2. The highest BCUT2D eigenvalue weighted by molar-refractivity contribution is 5.97. The van der Waals surface area contributed by atoms with E-state index in [0.29, 0.717) is 32.0 Å². The third-order valence-corrected chi connectivity index (χ3v) is 4.46. The van der Waals surface area contributed by atoms with E-state index in [2.05, 4.69) is 5.32 Å². The minimum atomic E-state index is -4.56. The van der Waals surface area contributed by atoms with Crippen molar-refractivity contribution in [2.24, 2.45) is 5.73 Å². The van der Waals surface area contributed by atoms with Crippen molar-refractivity contribution in [2.45, 2.75) is 6.18 Å². The van der Waals surface area contributed by atoms with Gasteiger partial charge in [-0.05, 0) is 30.3 Å². The zero-order chi connectivity index (χ0) is 21.7. The third-order valence-electron chi connectivity index (χ3n) is 4.46. The van der Waals surface area contributed by atoms with E-state index >= 15 is 0 Å². The van der Waals surface area contributed by atoms with E-state index in [9.17, 15) is 22.8 Å². The molecule has 0 spiro atoms. The summed E-state index contributed by atoms with van der Waals surface area (Å²) in [6, 6.07) is 9.29. The van der Waals surface area contributed by atoms with Crippen molar-refractivity contribution in [3.05, 3.63) is 53.6 Å². The number of alkyl halides is 3. The van der Waals surface area contributed by atoms with Crippen LogP contribution in [-0.4, -0.2) is 44.7 Å². The molecule has 0 unspecified atom stereocenters. The second kappa shape index (κ2) is 9.04. The molecule has 1 fully saturated rings. The predicted octanol–water partition coefficient (Wildman–Crippen LogP) is 2.66. The molecule has 1 aliphatic heterocycles. The van der Waals surface area contributed by atoms with Crippen LogP contribution in [0.5, 0.6) is 5.75 Å². The molecule has 3 N–H and O–H groups in total. The molecule has 1 saturated heterocycles. The van der Waals surface area contributed by atoms with Crippen LogP contribution >= 0.6 is 0 Å². The predicted molar refractivity (Wildman–Crippen MR) is 104 cm³/mol. The molecule has 1 aliphatic rings. The van der Waals surface area contributed by atoms with Crippen LogP contribution < -0.4 is 20.7 Å². The Hall–Kier alpha value is -3.27. The van der Waals surface area contributed by atoms with Crippen molar-refractivity contribution in [1.29, 1.82) is 0 Å². The number of anilines is 2. The van der Waals surface area contributed by atoms with Crippen molar-refractivity contribution in [1.82, 2.24) is 0 Å². The summed E-state index contributed by atoms with van der Waals surface area (Å²) in [5, 5.41) is 2.48. The molecule has 2 aromatic rings. The maximum Gasteiger partial charge on any atom is 0.416 e. The molecule has 2 amide bonds. The second-order valence-electron chi connectivity index (χ2n) is 6.53. The van der Waals surface area contributed by atoms with Crippen molar-refractivity contribution < 1.29 is 32.2 Å². The van der Waals surface area contributed by atoms with Crippen molar-refractivity contribution in [3.63, 3.8) is 0 Å². The highest BCUT2D eigenvalue weighted by Crippen LogP contribution is 2.35. The Bertz CT molecular complexity index is 928. The number of benzene rings is 2. The normalized spacial score (nSPS) is 14.3. The fraction of sp³-hybridized carbons (Fsp3) is 0.300. The number of amides is 2. The Morgan fingerprint density at radius 1 is 1.13 bits per heavy atom. The maximum atomic E-state index is 13.2. The maximum absolute atomic E-state index is 13.2. The Balaban J connectivity index is 1.78. The fourth-order valence-electron chi connectivity index (χ4n) is 3.02. The monoisotopic (exact) mass is 423 g/mol. The smallest absolute Gasteiger partial charge is 0.416 e. The molecule has 2 aromatic carbocycles. The first kappa shape index (κ1) is 21.4. The molecule has 7 nitrogen and oxygen atoms in total. The number of hydrogen-bond acceptors (Lipinski definition) is 5. The third kappa shape index (κ3) is 5.20. The lowest BCUT2D eigenvalue weighted by Gasteiger charge is -2.31. The molecular weight excluding hydrogens is 403 g/mol. The Morgan fingerprint density at radius 3 is 2.50 bits per heavy atom. The summed E-state index contributed by atoms with van der Waals surface area (Å²) in [6.45, 7) is 1.32. The van der Waals surface area contributed by atoms with Gasteiger partial charge in [-0.1, -0.05) is 12.1 Å². The molecule has 0 radical (unpaired) electrons. The largest absolute Gasteiger partial charge is 0.483 e. The van der Waals surface area contributed by atoms with Crippen LogP contribution in [-0.2, 0) is 15.7 Å². The zero-order valence-electron chi connectivity index (χ0n) is 15.9. The summed E-state index contributed by atoms with van der Waals surface area (Å²) in [5.74, 6) is -1.29. The molecule has 0 atom stereocenters. The van der Waals surface area contributed by atoms with E-state index in [-0.39, 0.29) is 17.0 Å². The lowest BCUT2D eigenvalue weighted by atomic mass is 10.1. The number of nitrogens with two attached hydrogens (primary N) is 1. The van der Waals surface area contributed by atoms with E-state index < -0.39 is 30.2 Å². The van der Waals surface area contributed by atoms with Crippen LogP contribution in [0.3, 0.4) is 0 Å². The van der Waals surface area contributed by atoms with Crippen LogP contribution in [0.4, 0.5) is 24.5 Å². The number of morpholine rings is 1. The lowest BCUT2D eigenvalue weighted by Crippen LogP contribution is -2.37. The van der Waals surface area contributed by atoms with E-state index in [1.54, 1.807) is 12.1 Å². The molecule has 1 heterocycles. The van der Waals surface area contributed by atoms with E-state index in [4.69, 9.17) is 15.2 Å².